The van der Waals surface area contributed by atoms with Crippen molar-refractivity contribution in [2.45, 2.75) is 52.4 Å². The Hall–Kier alpha value is -1.66. The maximum absolute atomic E-state index is 14.0. The van der Waals surface area contributed by atoms with E-state index < -0.39 is 18.2 Å². The zero-order valence-corrected chi connectivity index (χ0v) is 22.8. The predicted octanol–water partition coefficient (Wildman–Crippen LogP) is 7.75. The van der Waals surface area contributed by atoms with E-state index in [4.69, 9.17) is 11.1 Å². The van der Waals surface area contributed by atoms with E-state index in [1.807, 2.05) is 51.9 Å². The summed E-state index contributed by atoms with van der Waals surface area (Å²) >= 11 is -2.91. The van der Waals surface area contributed by atoms with Crippen LogP contribution in [0.2, 0.25) is 0 Å². The smallest absolute Gasteiger partial charge is 0.147 e. The molecule has 180 valence electrons. The fourth-order valence-electron chi connectivity index (χ4n) is 3.14. The van der Waals surface area contributed by atoms with Gasteiger partial charge in [0.05, 0.1) is 0 Å². The fraction of sp³-hybridized carbons (Fsp3) is 0.320. The van der Waals surface area contributed by atoms with Crippen LogP contribution >= 0.6 is 24.8 Å². The Bertz CT molecular complexity index is 1020. The van der Waals surface area contributed by atoms with E-state index >= 15 is 0 Å². The number of rotatable bonds is 5. The maximum atomic E-state index is 14.0. The standard InChI is InChI=1S/2C10H13FO.C5H4O.2ClH.Ti/c2*1-10(2,3)8-6-7(11)4-5-9(8)12;1-5-3-2-4-6-5;;;/h2*4-6,12H,1-3H3;1-4H;2*1H;/q;;;;;+2/p-2. The van der Waals surface area contributed by atoms with Crippen molar-refractivity contribution >= 4 is 29.1 Å². The SMILES string of the molecule is CC(C)(C)c1cc(F)ccc1[O][Ti](=[CH]c1ccco1)[O]c1ccc(F)cc1C(C)(C)C.Cl.Cl. The summed E-state index contributed by atoms with van der Waals surface area (Å²) < 4.78 is 48.0. The zero-order chi connectivity index (χ0) is 22.8. The van der Waals surface area contributed by atoms with Crippen LogP contribution in [0.4, 0.5) is 8.78 Å². The Labute approximate surface area is 213 Å². The van der Waals surface area contributed by atoms with Gasteiger partial charge in [-0.05, 0) is 0 Å². The molecule has 1 aromatic heterocycles. The molecule has 0 aliphatic carbocycles. The molecule has 0 N–H and O–H groups in total. The van der Waals surface area contributed by atoms with Gasteiger partial charge in [-0.1, -0.05) is 0 Å². The summed E-state index contributed by atoms with van der Waals surface area (Å²) in [5, 5.41) is 0. The molecular formula is C25H30Cl2F2O3Ti. The van der Waals surface area contributed by atoms with Crippen molar-refractivity contribution in [2.24, 2.45) is 0 Å². The molecule has 0 unspecified atom stereocenters. The third-order valence-electron chi connectivity index (χ3n) is 4.72. The second kappa shape index (κ2) is 11.7. The normalized spacial score (nSPS) is 11.2. The molecule has 0 spiro atoms. The van der Waals surface area contributed by atoms with Gasteiger partial charge in [-0.2, -0.15) is 0 Å². The van der Waals surface area contributed by atoms with E-state index in [1.54, 1.807) is 24.5 Å². The van der Waals surface area contributed by atoms with E-state index in [1.165, 1.54) is 24.3 Å². The number of furan rings is 1. The summed E-state index contributed by atoms with van der Waals surface area (Å²) in [5.41, 5.74) is 0.865. The van der Waals surface area contributed by atoms with Crippen LogP contribution in [0.25, 0.3) is 0 Å². The first kappa shape index (κ1) is 29.4. The molecular weight excluding hydrogens is 505 g/mol. The summed E-state index contributed by atoms with van der Waals surface area (Å²) in [7, 11) is 0. The molecule has 0 aliphatic heterocycles. The fourth-order valence-corrected chi connectivity index (χ4v) is 5.24. The molecule has 0 saturated carbocycles. The van der Waals surface area contributed by atoms with Crippen molar-refractivity contribution in [3.05, 3.63) is 83.3 Å². The molecule has 3 rings (SSSR count). The van der Waals surface area contributed by atoms with Gasteiger partial charge < -0.3 is 0 Å². The van der Waals surface area contributed by atoms with Gasteiger partial charge >= 0.3 is 190 Å². The first-order chi connectivity index (χ1) is 14.4. The van der Waals surface area contributed by atoms with E-state index in [2.05, 4.69) is 0 Å². The van der Waals surface area contributed by atoms with Crippen LogP contribution in [-0.2, 0) is 29.0 Å². The van der Waals surface area contributed by atoms with Crippen LogP contribution in [0.5, 0.6) is 11.5 Å². The summed E-state index contributed by atoms with van der Waals surface area (Å²) in [6, 6.07) is 12.6. The van der Waals surface area contributed by atoms with E-state index in [-0.39, 0.29) is 47.3 Å². The number of benzene rings is 2. The molecule has 33 heavy (non-hydrogen) atoms. The molecule has 1 heterocycles. The molecule has 0 aliphatic rings. The van der Waals surface area contributed by atoms with Gasteiger partial charge in [0.2, 0.25) is 0 Å². The largest absolute Gasteiger partial charge is 0.147 e. The topological polar surface area (TPSA) is 31.6 Å². The first-order valence-corrected chi connectivity index (χ1v) is 12.3. The van der Waals surface area contributed by atoms with Crippen LogP contribution < -0.4 is 6.64 Å². The Morgan fingerprint density at radius 1 is 0.758 bits per heavy atom. The van der Waals surface area contributed by atoms with Gasteiger partial charge in [-0.15, -0.1) is 24.8 Å². The number of halogens is 4. The first-order valence-electron chi connectivity index (χ1n) is 10.1. The number of hydrogen-bond acceptors (Lipinski definition) is 3. The minimum Gasteiger partial charge on any atom is -0.147 e. The Morgan fingerprint density at radius 2 is 1.21 bits per heavy atom. The molecule has 3 aromatic rings. The average molecular weight is 535 g/mol. The van der Waals surface area contributed by atoms with Crippen molar-refractivity contribution in [1.82, 2.24) is 0 Å². The minimum absolute atomic E-state index is 0. The monoisotopic (exact) mass is 534 g/mol. The van der Waals surface area contributed by atoms with E-state index in [0.29, 0.717) is 17.3 Å². The molecule has 3 nitrogen and oxygen atoms in total. The maximum Gasteiger partial charge on any atom is -0.147 e. The predicted molar refractivity (Wildman–Crippen MR) is 130 cm³/mol. The van der Waals surface area contributed by atoms with Gasteiger partial charge in [-0.3, -0.25) is 0 Å². The van der Waals surface area contributed by atoms with Gasteiger partial charge in [-0.25, -0.2) is 0 Å². The summed E-state index contributed by atoms with van der Waals surface area (Å²) in [6.07, 6.45) is 1.58. The summed E-state index contributed by atoms with van der Waals surface area (Å²) in [6.45, 7) is 12.0. The Kier molecular flexibility index (Phi) is 10.4. The average Bonchev–Trinajstić information content (AvgIpc) is 3.16. The van der Waals surface area contributed by atoms with Crippen LogP contribution in [0, 0.1) is 11.6 Å². The quantitative estimate of drug-likeness (QED) is 0.313. The van der Waals surface area contributed by atoms with Crippen molar-refractivity contribution in [3.8, 4) is 11.5 Å². The molecule has 0 atom stereocenters. The second-order valence-corrected chi connectivity index (χ2v) is 11.5. The third-order valence-corrected chi connectivity index (χ3v) is 6.85. The third kappa shape index (κ3) is 7.96. The Balaban J connectivity index is 0.00000272. The van der Waals surface area contributed by atoms with Crippen molar-refractivity contribution in [3.63, 3.8) is 0 Å². The molecule has 0 fully saturated rings. The van der Waals surface area contributed by atoms with Crippen LogP contribution in [0.15, 0.2) is 59.2 Å². The van der Waals surface area contributed by atoms with Crippen LogP contribution in [0.3, 0.4) is 0 Å². The van der Waals surface area contributed by atoms with Gasteiger partial charge in [0, 0.05) is 0 Å². The van der Waals surface area contributed by atoms with Crippen LogP contribution in [0.1, 0.15) is 58.4 Å². The molecule has 0 amide bonds. The van der Waals surface area contributed by atoms with E-state index in [9.17, 15) is 8.78 Å². The van der Waals surface area contributed by atoms with E-state index in [0.717, 1.165) is 11.1 Å². The number of hydrogen-bond donors (Lipinski definition) is 0. The van der Waals surface area contributed by atoms with Gasteiger partial charge in [0.15, 0.2) is 0 Å². The van der Waals surface area contributed by atoms with Crippen molar-refractivity contribution in [1.29, 1.82) is 0 Å². The molecule has 0 radical (unpaired) electrons. The van der Waals surface area contributed by atoms with Gasteiger partial charge in [0.1, 0.15) is 0 Å². The molecule has 2 aromatic carbocycles. The van der Waals surface area contributed by atoms with Crippen molar-refractivity contribution < 1.29 is 38.0 Å². The van der Waals surface area contributed by atoms with Gasteiger partial charge in [0.25, 0.3) is 0 Å². The summed E-state index contributed by atoms with van der Waals surface area (Å²) in [5.74, 6) is 1.15. The summed E-state index contributed by atoms with van der Waals surface area (Å²) in [4.78, 5) is 0. The molecule has 0 bridgehead atoms. The van der Waals surface area contributed by atoms with Crippen molar-refractivity contribution in [2.75, 3.05) is 0 Å². The molecule has 0 saturated heterocycles. The van der Waals surface area contributed by atoms with Crippen LogP contribution in [-0.4, -0.2) is 4.31 Å². The molecule has 8 heteroatoms. The zero-order valence-electron chi connectivity index (χ0n) is 19.6. The Morgan fingerprint density at radius 3 is 1.58 bits per heavy atom. The minimum atomic E-state index is -2.91. The second-order valence-electron chi connectivity index (χ2n) is 9.46.